The molecule has 0 fully saturated rings. The van der Waals surface area contributed by atoms with Gasteiger partial charge in [-0.25, -0.2) is 9.97 Å². The van der Waals surface area contributed by atoms with Crippen molar-refractivity contribution in [3.05, 3.63) is 45.6 Å². The van der Waals surface area contributed by atoms with Gasteiger partial charge in [0.15, 0.2) is 5.82 Å². The molecule has 1 heterocycles. The first-order valence-corrected chi connectivity index (χ1v) is 5.58. The average Bonchev–Trinajstić information content (AvgIpc) is 2.21. The summed E-state index contributed by atoms with van der Waals surface area (Å²) >= 11 is 6.68. The summed E-state index contributed by atoms with van der Waals surface area (Å²) in [7, 11) is 0. The summed E-state index contributed by atoms with van der Waals surface area (Å²) in [5.41, 5.74) is 1.01. The summed E-state index contributed by atoms with van der Waals surface area (Å²) in [5.74, 6) is 0.737. The van der Waals surface area contributed by atoms with Gasteiger partial charge in [0, 0.05) is 22.4 Å². The van der Waals surface area contributed by atoms with Gasteiger partial charge in [0.05, 0.1) is 4.47 Å². The van der Waals surface area contributed by atoms with Crippen molar-refractivity contribution in [1.82, 2.24) is 9.97 Å². The summed E-state index contributed by atoms with van der Waals surface area (Å²) in [6, 6.07) is 7.90. The molecular formula is C10H6Br2N2. The average molecular weight is 314 g/mol. The maximum atomic E-state index is 4.20. The molecule has 0 amide bonds. The molecule has 0 aliphatic carbocycles. The van der Waals surface area contributed by atoms with E-state index in [0.717, 1.165) is 20.3 Å². The van der Waals surface area contributed by atoms with Gasteiger partial charge in [0.2, 0.25) is 0 Å². The molecule has 1 aromatic carbocycles. The summed E-state index contributed by atoms with van der Waals surface area (Å²) in [5, 5.41) is 0. The molecule has 0 radical (unpaired) electrons. The van der Waals surface area contributed by atoms with E-state index in [2.05, 4.69) is 41.8 Å². The van der Waals surface area contributed by atoms with E-state index in [1.54, 1.807) is 12.4 Å². The van der Waals surface area contributed by atoms with Gasteiger partial charge in [-0.15, -0.1) is 0 Å². The zero-order valence-electron chi connectivity index (χ0n) is 7.11. The van der Waals surface area contributed by atoms with E-state index in [0.29, 0.717) is 0 Å². The molecule has 2 aromatic rings. The Morgan fingerprint density at radius 2 is 1.36 bits per heavy atom. The van der Waals surface area contributed by atoms with Crippen LogP contribution in [0.5, 0.6) is 0 Å². The molecule has 0 saturated heterocycles. The zero-order valence-corrected chi connectivity index (χ0v) is 10.3. The largest absolute Gasteiger partial charge is 0.235 e. The molecule has 0 atom stereocenters. The van der Waals surface area contributed by atoms with Crippen molar-refractivity contribution in [3.8, 4) is 11.4 Å². The quantitative estimate of drug-likeness (QED) is 0.803. The number of rotatable bonds is 1. The van der Waals surface area contributed by atoms with Crippen molar-refractivity contribution in [1.29, 1.82) is 0 Å². The van der Waals surface area contributed by atoms with Crippen molar-refractivity contribution in [2.75, 3.05) is 0 Å². The summed E-state index contributed by atoms with van der Waals surface area (Å²) in [6.45, 7) is 0. The van der Waals surface area contributed by atoms with Crippen molar-refractivity contribution < 1.29 is 0 Å². The number of hydrogen-bond acceptors (Lipinski definition) is 2. The van der Waals surface area contributed by atoms with Crippen LogP contribution in [0.3, 0.4) is 0 Å². The topological polar surface area (TPSA) is 25.8 Å². The number of halogens is 2. The number of hydrogen-bond donors (Lipinski definition) is 0. The lowest BCUT2D eigenvalue weighted by molar-refractivity contribution is 1.16. The summed E-state index contributed by atoms with van der Waals surface area (Å²) in [4.78, 5) is 8.41. The molecule has 0 spiro atoms. The lowest BCUT2D eigenvalue weighted by atomic mass is 10.2. The second-order valence-corrected chi connectivity index (χ2v) is 4.56. The first kappa shape index (κ1) is 9.80. The maximum Gasteiger partial charge on any atom is 0.159 e. The van der Waals surface area contributed by atoms with E-state index in [1.807, 2.05) is 24.3 Å². The van der Waals surface area contributed by atoms with E-state index in [-0.39, 0.29) is 0 Å². The Labute approximate surface area is 98.7 Å². The Hall–Kier alpha value is -0.740. The molecule has 4 heteroatoms. The fourth-order valence-electron chi connectivity index (χ4n) is 1.06. The molecule has 0 bridgehead atoms. The third kappa shape index (κ3) is 2.19. The van der Waals surface area contributed by atoms with Crippen LogP contribution < -0.4 is 0 Å². The molecule has 0 aliphatic heterocycles. The minimum Gasteiger partial charge on any atom is -0.235 e. The molecule has 70 valence electrons. The number of aromatic nitrogens is 2. The smallest absolute Gasteiger partial charge is 0.159 e. The van der Waals surface area contributed by atoms with Gasteiger partial charge in [-0.3, -0.25) is 0 Å². The monoisotopic (exact) mass is 312 g/mol. The highest BCUT2D eigenvalue weighted by Gasteiger charge is 1.99. The van der Waals surface area contributed by atoms with Crippen molar-refractivity contribution in [2.45, 2.75) is 0 Å². The molecule has 14 heavy (non-hydrogen) atoms. The molecular weight excluding hydrogens is 308 g/mol. The normalized spacial score (nSPS) is 10.1. The van der Waals surface area contributed by atoms with E-state index in [4.69, 9.17) is 0 Å². The first-order valence-electron chi connectivity index (χ1n) is 3.99. The first-order chi connectivity index (χ1) is 6.75. The highest BCUT2D eigenvalue weighted by atomic mass is 79.9. The highest BCUT2D eigenvalue weighted by Crippen LogP contribution is 2.18. The fourth-order valence-corrected chi connectivity index (χ4v) is 1.53. The second-order valence-electron chi connectivity index (χ2n) is 2.73. The standard InChI is InChI=1S/C10H6Br2N2/c11-8-3-1-7(2-4-8)10-13-5-9(12)6-14-10/h1-6H. The third-order valence-electron chi connectivity index (χ3n) is 1.72. The summed E-state index contributed by atoms with van der Waals surface area (Å²) in [6.07, 6.45) is 3.48. The van der Waals surface area contributed by atoms with Crippen LogP contribution in [-0.2, 0) is 0 Å². The molecule has 2 rings (SSSR count). The molecule has 0 aliphatic rings. The van der Waals surface area contributed by atoms with Gasteiger partial charge in [-0.05, 0) is 28.1 Å². The maximum absolute atomic E-state index is 4.20. The van der Waals surface area contributed by atoms with Crippen LogP contribution >= 0.6 is 31.9 Å². The lowest BCUT2D eigenvalue weighted by Gasteiger charge is -1.99. The van der Waals surface area contributed by atoms with Crippen LogP contribution in [0, 0.1) is 0 Å². The van der Waals surface area contributed by atoms with E-state index in [1.165, 1.54) is 0 Å². The molecule has 0 N–H and O–H groups in total. The van der Waals surface area contributed by atoms with Gasteiger partial charge < -0.3 is 0 Å². The van der Waals surface area contributed by atoms with Gasteiger partial charge >= 0.3 is 0 Å². The predicted molar refractivity (Wildman–Crippen MR) is 62.9 cm³/mol. The van der Waals surface area contributed by atoms with Crippen LogP contribution in [0.25, 0.3) is 11.4 Å². The second kappa shape index (κ2) is 4.19. The van der Waals surface area contributed by atoms with E-state index in [9.17, 15) is 0 Å². The van der Waals surface area contributed by atoms with Gasteiger partial charge in [0.1, 0.15) is 0 Å². The van der Waals surface area contributed by atoms with Crippen molar-refractivity contribution in [3.63, 3.8) is 0 Å². The van der Waals surface area contributed by atoms with E-state index >= 15 is 0 Å². The lowest BCUT2D eigenvalue weighted by Crippen LogP contribution is -1.86. The fraction of sp³-hybridized carbons (Fsp3) is 0. The van der Waals surface area contributed by atoms with Crippen LogP contribution in [0.1, 0.15) is 0 Å². The van der Waals surface area contributed by atoms with E-state index < -0.39 is 0 Å². The Balaban J connectivity index is 2.40. The highest BCUT2D eigenvalue weighted by molar-refractivity contribution is 9.10. The number of benzene rings is 1. The van der Waals surface area contributed by atoms with Gasteiger partial charge in [-0.2, -0.15) is 0 Å². The van der Waals surface area contributed by atoms with Crippen molar-refractivity contribution >= 4 is 31.9 Å². The zero-order chi connectivity index (χ0) is 9.97. The predicted octanol–water partition coefficient (Wildman–Crippen LogP) is 3.67. The number of nitrogens with zero attached hydrogens (tertiary/aromatic N) is 2. The minimum atomic E-state index is 0.737. The van der Waals surface area contributed by atoms with Crippen LogP contribution in [0.2, 0.25) is 0 Å². The molecule has 0 saturated carbocycles. The Morgan fingerprint density at radius 3 is 1.93 bits per heavy atom. The van der Waals surface area contributed by atoms with Gasteiger partial charge in [0.25, 0.3) is 0 Å². The summed E-state index contributed by atoms with van der Waals surface area (Å²) < 4.78 is 1.94. The Bertz CT molecular complexity index is 379. The molecule has 2 nitrogen and oxygen atoms in total. The van der Waals surface area contributed by atoms with Crippen LogP contribution in [-0.4, -0.2) is 9.97 Å². The van der Waals surface area contributed by atoms with Crippen LogP contribution in [0.4, 0.5) is 0 Å². The van der Waals surface area contributed by atoms with Crippen molar-refractivity contribution in [2.24, 2.45) is 0 Å². The molecule has 1 aromatic heterocycles. The molecule has 0 unspecified atom stereocenters. The Morgan fingerprint density at radius 1 is 0.786 bits per heavy atom. The SMILES string of the molecule is Brc1ccc(-c2ncc(Br)cn2)cc1. The Kier molecular flexibility index (Phi) is 2.93. The minimum absolute atomic E-state index is 0.737. The van der Waals surface area contributed by atoms with Gasteiger partial charge in [-0.1, -0.05) is 28.1 Å². The van der Waals surface area contributed by atoms with Crippen LogP contribution in [0.15, 0.2) is 45.6 Å². The third-order valence-corrected chi connectivity index (χ3v) is 2.66.